The fourth-order valence-electron chi connectivity index (χ4n) is 4.34. The van der Waals surface area contributed by atoms with Crippen molar-refractivity contribution in [3.63, 3.8) is 0 Å². The Morgan fingerprint density at radius 2 is 1.47 bits per heavy atom. The third-order valence-electron chi connectivity index (χ3n) is 6.05. The van der Waals surface area contributed by atoms with E-state index in [2.05, 4.69) is 72.1 Å². The topological polar surface area (TPSA) is 42.6 Å². The van der Waals surface area contributed by atoms with E-state index >= 15 is 0 Å². The van der Waals surface area contributed by atoms with Gasteiger partial charge in [0.2, 0.25) is 0 Å². The number of pyridine rings is 1. The number of nitrogens with zero attached hydrogens (tertiary/aromatic N) is 3. The quantitative estimate of drug-likeness (QED) is 0.490. The van der Waals surface area contributed by atoms with Gasteiger partial charge in [0.15, 0.2) is 0 Å². The second-order valence-electron chi connectivity index (χ2n) is 8.86. The summed E-state index contributed by atoms with van der Waals surface area (Å²) in [5.41, 5.74) is 6.17. The first-order chi connectivity index (χ1) is 14.4. The standard InChI is InChI=1S/C25H32N4O/c1-27(2)12-14-29(15-13-28(3)4)17-18-8-7-11-20-22(18)16-23-19-9-5-6-10-21(19)25(30)26-24(20)23/h5-11H,12-17H2,1-4H3,(H,26,30). The zero-order chi connectivity index (χ0) is 21.3. The largest absolute Gasteiger partial charge is 0.321 e. The molecule has 4 rings (SSSR count). The van der Waals surface area contributed by atoms with Gasteiger partial charge in [0, 0.05) is 50.1 Å². The van der Waals surface area contributed by atoms with Gasteiger partial charge in [-0.05, 0) is 56.3 Å². The summed E-state index contributed by atoms with van der Waals surface area (Å²) in [5.74, 6) is 0. The lowest BCUT2D eigenvalue weighted by Crippen LogP contribution is -2.36. The number of benzene rings is 2. The Labute approximate surface area is 178 Å². The van der Waals surface area contributed by atoms with Crippen LogP contribution in [0.25, 0.3) is 22.0 Å². The molecule has 158 valence electrons. The predicted octanol–water partition coefficient (Wildman–Crippen LogP) is 3.02. The average molecular weight is 405 g/mol. The highest BCUT2D eigenvalue weighted by molar-refractivity contribution is 5.93. The zero-order valence-electron chi connectivity index (χ0n) is 18.5. The molecule has 0 spiro atoms. The summed E-state index contributed by atoms with van der Waals surface area (Å²) in [7, 11) is 8.51. The van der Waals surface area contributed by atoms with Gasteiger partial charge in [0.05, 0.1) is 5.69 Å². The first-order valence-corrected chi connectivity index (χ1v) is 10.7. The second kappa shape index (κ2) is 8.72. The molecular formula is C25H32N4O. The number of likely N-dealkylation sites (N-methyl/N-ethyl adjacent to an activating group) is 2. The van der Waals surface area contributed by atoms with E-state index in [1.165, 1.54) is 22.3 Å². The molecule has 0 unspecified atom stereocenters. The molecule has 5 heteroatoms. The summed E-state index contributed by atoms with van der Waals surface area (Å²) < 4.78 is 0. The Balaban J connectivity index is 1.67. The summed E-state index contributed by atoms with van der Waals surface area (Å²) in [6, 6.07) is 14.5. The number of aromatic amines is 1. The van der Waals surface area contributed by atoms with Crippen LogP contribution < -0.4 is 5.56 Å². The van der Waals surface area contributed by atoms with Gasteiger partial charge in [-0.2, -0.15) is 0 Å². The molecule has 1 aliphatic carbocycles. The number of hydrogen-bond acceptors (Lipinski definition) is 4. The van der Waals surface area contributed by atoms with Gasteiger partial charge in [-0.3, -0.25) is 9.69 Å². The molecule has 3 aromatic rings. The van der Waals surface area contributed by atoms with Gasteiger partial charge in [-0.1, -0.05) is 36.4 Å². The summed E-state index contributed by atoms with van der Waals surface area (Å²) in [5, 5.41) is 1.86. The fourth-order valence-corrected chi connectivity index (χ4v) is 4.34. The summed E-state index contributed by atoms with van der Waals surface area (Å²) >= 11 is 0. The molecule has 0 amide bonds. The van der Waals surface area contributed by atoms with Crippen LogP contribution in [-0.4, -0.2) is 74.1 Å². The molecule has 1 N–H and O–H groups in total. The lowest BCUT2D eigenvalue weighted by atomic mass is 10.0. The maximum atomic E-state index is 12.6. The maximum Gasteiger partial charge on any atom is 0.256 e. The van der Waals surface area contributed by atoms with Gasteiger partial charge in [0.25, 0.3) is 5.56 Å². The van der Waals surface area contributed by atoms with Gasteiger partial charge in [0.1, 0.15) is 0 Å². The van der Waals surface area contributed by atoms with E-state index in [1.54, 1.807) is 0 Å². The van der Waals surface area contributed by atoms with Crippen molar-refractivity contribution in [2.45, 2.75) is 13.0 Å². The van der Waals surface area contributed by atoms with E-state index in [0.717, 1.165) is 55.6 Å². The van der Waals surface area contributed by atoms with Crippen LogP contribution in [0.4, 0.5) is 0 Å². The Morgan fingerprint density at radius 1 is 0.800 bits per heavy atom. The summed E-state index contributed by atoms with van der Waals surface area (Å²) in [6.07, 6.45) is 0.882. The molecule has 2 aromatic carbocycles. The Bertz CT molecular complexity index is 1090. The van der Waals surface area contributed by atoms with Crippen LogP contribution in [0.1, 0.15) is 16.7 Å². The smallest absolute Gasteiger partial charge is 0.256 e. The average Bonchev–Trinajstić information content (AvgIpc) is 3.10. The van der Waals surface area contributed by atoms with Crippen molar-refractivity contribution >= 4 is 10.8 Å². The minimum Gasteiger partial charge on any atom is -0.321 e. The third kappa shape index (κ3) is 4.19. The van der Waals surface area contributed by atoms with E-state index in [9.17, 15) is 4.79 Å². The van der Waals surface area contributed by atoms with Gasteiger partial charge >= 0.3 is 0 Å². The second-order valence-corrected chi connectivity index (χ2v) is 8.86. The van der Waals surface area contributed by atoms with Gasteiger partial charge in [-0.25, -0.2) is 0 Å². The molecule has 1 aliphatic rings. The Kier molecular flexibility index (Phi) is 6.04. The van der Waals surface area contributed by atoms with E-state index in [-0.39, 0.29) is 5.56 Å². The molecule has 0 saturated carbocycles. The maximum absolute atomic E-state index is 12.6. The van der Waals surface area contributed by atoms with Crippen molar-refractivity contribution in [1.82, 2.24) is 19.7 Å². The van der Waals surface area contributed by atoms with Crippen LogP contribution >= 0.6 is 0 Å². The van der Waals surface area contributed by atoms with E-state index in [4.69, 9.17) is 0 Å². The first kappa shape index (κ1) is 20.8. The minimum absolute atomic E-state index is 0.00111. The van der Waals surface area contributed by atoms with Crippen molar-refractivity contribution in [3.8, 4) is 11.3 Å². The molecular weight excluding hydrogens is 372 g/mol. The number of hydrogen-bond donors (Lipinski definition) is 1. The summed E-state index contributed by atoms with van der Waals surface area (Å²) in [4.78, 5) is 22.8. The monoisotopic (exact) mass is 404 g/mol. The van der Waals surface area contributed by atoms with Crippen LogP contribution in [0.2, 0.25) is 0 Å². The van der Waals surface area contributed by atoms with E-state index in [0.29, 0.717) is 0 Å². The van der Waals surface area contributed by atoms with Crippen LogP contribution in [-0.2, 0) is 13.0 Å². The molecule has 0 atom stereocenters. The van der Waals surface area contributed by atoms with Crippen LogP contribution in [0.15, 0.2) is 47.3 Å². The molecule has 5 nitrogen and oxygen atoms in total. The van der Waals surface area contributed by atoms with Crippen LogP contribution in [0, 0.1) is 0 Å². The highest BCUT2D eigenvalue weighted by Crippen LogP contribution is 2.39. The number of fused-ring (bicyclic) bond motifs is 5. The van der Waals surface area contributed by atoms with Crippen molar-refractivity contribution in [3.05, 3.63) is 69.5 Å². The molecule has 0 aliphatic heterocycles. The normalized spacial score (nSPS) is 12.9. The minimum atomic E-state index is 0.00111. The van der Waals surface area contributed by atoms with Gasteiger partial charge < -0.3 is 14.8 Å². The third-order valence-corrected chi connectivity index (χ3v) is 6.05. The molecule has 0 radical (unpaired) electrons. The number of rotatable bonds is 8. The molecule has 0 bridgehead atoms. The highest BCUT2D eigenvalue weighted by atomic mass is 16.1. The van der Waals surface area contributed by atoms with Gasteiger partial charge in [-0.15, -0.1) is 0 Å². The lowest BCUT2D eigenvalue weighted by molar-refractivity contribution is 0.211. The fraction of sp³-hybridized carbons (Fsp3) is 0.400. The Hall–Kier alpha value is -2.47. The zero-order valence-corrected chi connectivity index (χ0v) is 18.5. The number of aromatic nitrogens is 1. The SMILES string of the molecule is CN(C)CCN(CCN(C)C)Cc1cccc2c1Cc1c-2[nH]c(=O)c2ccccc12. The Morgan fingerprint density at radius 3 is 2.13 bits per heavy atom. The van der Waals surface area contributed by atoms with Crippen molar-refractivity contribution < 1.29 is 0 Å². The molecule has 1 heterocycles. The molecule has 30 heavy (non-hydrogen) atoms. The number of nitrogens with one attached hydrogen (secondary N) is 1. The predicted molar refractivity (Wildman–Crippen MR) is 125 cm³/mol. The highest BCUT2D eigenvalue weighted by Gasteiger charge is 2.25. The molecule has 1 aromatic heterocycles. The lowest BCUT2D eigenvalue weighted by Gasteiger charge is -2.26. The molecule has 0 saturated heterocycles. The van der Waals surface area contributed by atoms with Crippen molar-refractivity contribution in [2.75, 3.05) is 54.4 Å². The van der Waals surface area contributed by atoms with E-state index in [1.807, 2.05) is 18.2 Å². The van der Waals surface area contributed by atoms with E-state index < -0.39 is 0 Å². The van der Waals surface area contributed by atoms with Crippen LogP contribution in [0.3, 0.4) is 0 Å². The van der Waals surface area contributed by atoms with Crippen LogP contribution in [0.5, 0.6) is 0 Å². The number of H-pyrrole nitrogens is 1. The molecule has 0 fully saturated rings. The van der Waals surface area contributed by atoms with Crippen molar-refractivity contribution in [2.24, 2.45) is 0 Å². The van der Waals surface area contributed by atoms with Crippen molar-refractivity contribution in [1.29, 1.82) is 0 Å². The first-order valence-electron chi connectivity index (χ1n) is 10.7. The summed E-state index contributed by atoms with van der Waals surface area (Å²) in [6.45, 7) is 5.09.